The van der Waals surface area contributed by atoms with Gasteiger partial charge >= 0.3 is 0 Å². The van der Waals surface area contributed by atoms with Crippen LogP contribution in [0.1, 0.15) is 25.7 Å². The first-order chi connectivity index (χ1) is 16.2. The summed E-state index contributed by atoms with van der Waals surface area (Å²) in [5.41, 5.74) is 0.793. The van der Waals surface area contributed by atoms with Gasteiger partial charge in [0.25, 0.3) is 0 Å². The van der Waals surface area contributed by atoms with Gasteiger partial charge in [-0.15, -0.1) is 0 Å². The van der Waals surface area contributed by atoms with Crippen LogP contribution >= 0.6 is 11.6 Å². The van der Waals surface area contributed by atoms with Gasteiger partial charge < -0.3 is 14.8 Å². The molecule has 0 bridgehead atoms. The van der Waals surface area contributed by atoms with E-state index >= 15 is 0 Å². The lowest BCUT2D eigenvalue weighted by molar-refractivity contribution is 0.122. The third-order valence-electron chi connectivity index (χ3n) is 6.10. The molecule has 1 fully saturated rings. The average molecular weight is 509 g/mol. The average Bonchev–Trinajstić information content (AvgIpc) is 2.81. The Bertz CT molecular complexity index is 1300. The van der Waals surface area contributed by atoms with Crippen molar-refractivity contribution >= 4 is 44.0 Å². The Morgan fingerprint density at radius 2 is 1.88 bits per heavy atom. The molecule has 2 aromatic carbocycles. The molecule has 11 heteroatoms. The molecule has 1 aliphatic carbocycles. The quantitative estimate of drug-likeness (QED) is 0.492. The molecule has 0 saturated heterocycles. The molecule has 1 aliphatic rings. The number of nitrogens with one attached hydrogen (secondary N) is 1. The number of hydrogen-bond donors (Lipinski definition) is 1. The number of halogens is 2. The van der Waals surface area contributed by atoms with Crippen LogP contribution in [0.3, 0.4) is 0 Å². The zero-order chi connectivity index (χ0) is 24.5. The predicted molar refractivity (Wildman–Crippen MR) is 130 cm³/mol. The summed E-state index contributed by atoms with van der Waals surface area (Å²) >= 11 is 5.91. The van der Waals surface area contributed by atoms with Crippen molar-refractivity contribution in [3.63, 3.8) is 0 Å². The van der Waals surface area contributed by atoms with Crippen LogP contribution < -0.4 is 14.8 Å². The number of methoxy groups -OCH3 is 1. The minimum absolute atomic E-state index is 0.00572. The Kier molecular flexibility index (Phi) is 7.11. The molecular weight excluding hydrogens is 483 g/mol. The number of benzene rings is 2. The monoisotopic (exact) mass is 508 g/mol. The van der Waals surface area contributed by atoms with Gasteiger partial charge in [0.1, 0.15) is 12.1 Å². The molecule has 4 rings (SSSR count). The standard InChI is InChI=1S/C23H26ClFN4O4S/c1-29(34(3,30)31)14-7-9-15(10-8-14)33-21-11-16-19(12-20(21)32-2)26-13-27-23(16)28-18-6-4-5-17(24)22(18)25/h4-6,11-15H,7-10H2,1-3H3,(H,26,27,28). The van der Waals surface area contributed by atoms with E-state index in [0.29, 0.717) is 53.9 Å². The Morgan fingerprint density at radius 3 is 2.56 bits per heavy atom. The number of hydrogen-bond acceptors (Lipinski definition) is 7. The Labute approximate surface area is 203 Å². The fraction of sp³-hybridized carbons (Fsp3) is 0.391. The molecule has 0 unspecified atom stereocenters. The van der Waals surface area contributed by atoms with E-state index < -0.39 is 15.8 Å². The number of sulfonamides is 1. The van der Waals surface area contributed by atoms with Crippen LogP contribution in [-0.4, -0.2) is 55.3 Å². The Morgan fingerprint density at radius 1 is 1.15 bits per heavy atom. The van der Waals surface area contributed by atoms with Crippen LogP contribution in [0.15, 0.2) is 36.7 Å². The van der Waals surface area contributed by atoms with Gasteiger partial charge in [-0.1, -0.05) is 17.7 Å². The molecule has 1 saturated carbocycles. The van der Waals surface area contributed by atoms with Crippen LogP contribution in [0, 0.1) is 5.82 Å². The molecule has 0 amide bonds. The molecule has 1 heterocycles. The minimum Gasteiger partial charge on any atom is -0.493 e. The number of anilines is 2. The van der Waals surface area contributed by atoms with E-state index in [0.717, 1.165) is 0 Å². The molecule has 1 N–H and O–H groups in total. The van der Waals surface area contributed by atoms with Crippen molar-refractivity contribution in [2.45, 2.75) is 37.8 Å². The summed E-state index contributed by atoms with van der Waals surface area (Å²) in [4.78, 5) is 8.58. The number of nitrogens with zero attached hydrogens (tertiary/aromatic N) is 3. The van der Waals surface area contributed by atoms with Crippen LogP contribution in [0.5, 0.6) is 11.5 Å². The molecule has 0 radical (unpaired) electrons. The van der Waals surface area contributed by atoms with Crippen molar-refractivity contribution in [2.75, 3.05) is 25.7 Å². The number of rotatable bonds is 7. The molecule has 34 heavy (non-hydrogen) atoms. The van der Waals surface area contributed by atoms with Gasteiger partial charge in [0, 0.05) is 24.5 Å². The molecule has 3 aromatic rings. The van der Waals surface area contributed by atoms with Crippen LogP contribution in [0.2, 0.25) is 5.02 Å². The van der Waals surface area contributed by atoms with Crippen molar-refractivity contribution in [2.24, 2.45) is 0 Å². The SMILES string of the molecule is COc1cc2ncnc(Nc3cccc(Cl)c3F)c2cc1OC1CCC(N(C)S(C)(=O)=O)CC1. The van der Waals surface area contributed by atoms with Crippen molar-refractivity contribution in [3.8, 4) is 11.5 Å². The Hall–Kier alpha value is -2.69. The van der Waals surface area contributed by atoms with Crippen molar-refractivity contribution in [1.82, 2.24) is 14.3 Å². The van der Waals surface area contributed by atoms with Crippen LogP contribution in [-0.2, 0) is 10.0 Å². The van der Waals surface area contributed by atoms with Crippen molar-refractivity contribution < 1.29 is 22.3 Å². The van der Waals surface area contributed by atoms with E-state index in [2.05, 4.69) is 15.3 Å². The topological polar surface area (TPSA) is 93.7 Å². The predicted octanol–water partition coefficient (Wildman–Crippen LogP) is 4.76. The van der Waals surface area contributed by atoms with E-state index in [-0.39, 0.29) is 22.9 Å². The lowest BCUT2D eigenvalue weighted by Crippen LogP contribution is -2.40. The first-order valence-corrected chi connectivity index (χ1v) is 13.0. The lowest BCUT2D eigenvalue weighted by atomic mass is 9.93. The fourth-order valence-electron chi connectivity index (χ4n) is 4.12. The van der Waals surface area contributed by atoms with Gasteiger partial charge in [-0.05, 0) is 43.9 Å². The first kappa shape index (κ1) is 24.4. The minimum atomic E-state index is -3.23. The molecule has 8 nitrogen and oxygen atoms in total. The first-order valence-electron chi connectivity index (χ1n) is 10.8. The van der Waals surface area contributed by atoms with E-state index in [4.69, 9.17) is 21.1 Å². The summed E-state index contributed by atoms with van der Waals surface area (Å²) < 4.78 is 51.4. The third kappa shape index (κ3) is 5.18. The van der Waals surface area contributed by atoms with E-state index in [1.54, 1.807) is 38.4 Å². The second kappa shape index (κ2) is 9.89. The van der Waals surface area contributed by atoms with Gasteiger partial charge in [-0.3, -0.25) is 0 Å². The highest BCUT2D eigenvalue weighted by atomic mass is 35.5. The summed E-state index contributed by atoms with van der Waals surface area (Å²) in [5.74, 6) is 0.856. The lowest BCUT2D eigenvalue weighted by Gasteiger charge is -2.33. The third-order valence-corrected chi connectivity index (χ3v) is 7.74. The van der Waals surface area contributed by atoms with Gasteiger partial charge in [-0.2, -0.15) is 0 Å². The second-order valence-corrected chi connectivity index (χ2v) is 10.7. The molecule has 0 aliphatic heterocycles. The van der Waals surface area contributed by atoms with Crippen LogP contribution in [0.4, 0.5) is 15.9 Å². The summed E-state index contributed by atoms with van der Waals surface area (Å²) in [6.45, 7) is 0. The number of aromatic nitrogens is 2. The summed E-state index contributed by atoms with van der Waals surface area (Å²) in [5, 5.41) is 3.62. The van der Waals surface area contributed by atoms with Crippen molar-refractivity contribution in [1.29, 1.82) is 0 Å². The summed E-state index contributed by atoms with van der Waals surface area (Å²) in [6, 6.07) is 8.17. The highest BCUT2D eigenvalue weighted by Crippen LogP contribution is 2.37. The Balaban J connectivity index is 1.58. The fourth-order valence-corrected chi connectivity index (χ4v) is 5.05. The molecular formula is C23H26ClFN4O4S. The molecule has 182 valence electrons. The zero-order valence-corrected chi connectivity index (χ0v) is 20.7. The maximum Gasteiger partial charge on any atom is 0.211 e. The molecule has 1 aromatic heterocycles. The van der Waals surface area contributed by atoms with E-state index in [9.17, 15) is 12.8 Å². The smallest absolute Gasteiger partial charge is 0.211 e. The van der Waals surface area contributed by atoms with Gasteiger partial charge in [0.05, 0.1) is 35.7 Å². The normalized spacial score (nSPS) is 18.8. The molecule has 0 atom stereocenters. The largest absolute Gasteiger partial charge is 0.493 e. The van der Waals surface area contributed by atoms with Crippen LogP contribution in [0.25, 0.3) is 10.9 Å². The summed E-state index contributed by atoms with van der Waals surface area (Å²) in [7, 11) is -0.0684. The maximum absolute atomic E-state index is 14.4. The van der Waals surface area contributed by atoms with E-state index in [1.807, 2.05) is 0 Å². The highest BCUT2D eigenvalue weighted by Gasteiger charge is 2.29. The molecule has 0 spiro atoms. The second-order valence-electron chi connectivity index (χ2n) is 8.30. The van der Waals surface area contributed by atoms with Gasteiger partial charge in [0.2, 0.25) is 10.0 Å². The van der Waals surface area contributed by atoms with Crippen molar-refractivity contribution in [3.05, 3.63) is 47.5 Å². The number of fused-ring (bicyclic) bond motifs is 1. The highest BCUT2D eigenvalue weighted by molar-refractivity contribution is 7.88. The number of ether oxygens (including phenoxy) is 2. The maximum atomic E-state index is 14.4. The van der Waals surface area contributed by atoms with Gasteiger partial charge in [0.15, 0.2) is 17.3 Å². The van der Waals surface area contributed by atoms with E-state index in [1.165, 1.54) is 23.0 Å². The summed E-state index contributed by atoms with van der Waals surface area (Å²) in [6.07, 6.45) is 5.32. The zero-order valence-electron chi connectivity index (χ0n) is 19.1. The van der Waals surface area contributed by atoms with Gasteiger partial charge in [-0.25, -0.2) is 27.1 Å².